The first kappa shape index (κ1) is 22.1. The van der Waals surface area contributed by atoms with E-state index in [1.54, 1.807) is 29.9 Å². The van der Waals surface area contributed by atoms with E-state index in [-0.39, 0.29) is 5.91 Å². The van der Waals surface area contributed by atoms with Gasteiger partial charge in [0, 0.05) is 52.5 Å². The average molecular weight is 494 g/mol. The van der Waals surface area contributed by atoms with Crippen molar-refractivity contribution >= 4 is 44.9 Å². The molecule has 0 unspecified atom stereocenters. The molecule has 0 atom stereocenters. The minimum absolute atomic E-state index is 0.00313. The fourth-order valence-corrected chi connectivity index (χ4v) is 4.98. The van der Waals surface area contributed by atoms with E-state index in [0.717, 1.165) is 62.8 Å². The highest BCUT2D eigenvalue weighted by Crippen LogP contribution is 2.35. The maximum atomic E-state index is 12.2. The third-order valence-electron chi connectivity index (χ3n) is 6.16. The quantitative estimate of drug-likeness (QED) is 0.237. The predicted molar refractivity (Wildman–Crippen MR) is 144 cm³/mol. The Morgan fingerprint density at radius 2 is 1.89 bits per heavy atom. The zero-order valence-electron chi connectivity index (χ0n) is 19.6. The van der Waals surface area contributed by atoms with Gasteiger partial charge in [-0.1, -0.05) is 13.3 Å². The average Bonchev–Trinajstić information content (AvgIpc) is 3.66. The van der Waals surface area contributed by atoms with Gasteiger partial charge in [-0.05, 0) is 47.0 Å². The van der Waals surface area contributed by atoms with E-state index in [0.29, 0.717) is 17.8 Å². The van der Waals surface area contributed by atoms with Crippen molar-refractivity contribution in [1.29, 1.82) is 0 Å². The number of hydrogen-bond acceptors (Lipinski definition) is 6. The summed E-state index contributed by atoms with van der Waals surface area (Å²) < 4.78 is 0. The van der Waals surface area contributed by atoms with Crippen molar-refractivity contribution in [1.82, 2.24) is 30.1 Å². The zero-order chi connectivity index (χ0) is 24.5. The van der Waals surface area contributed by atoms with Gasteiger partial charge < -0.3 is 10.3 Å². The molecule has 8 nitrogen and oxygen atoms in total. The number of aromatic nitrogens is 6. The van der Waals surface area contributed by atoms with Crippen LogP contribution in [0.25, 0.3) is 55.6 Å². The number of anilines is 1. The standard InChI is InChI=1S/C27H23N7OS/c1-2-3-4-25(35)31-19-7-17(10-28-12-19)18-8-21-26(33-34-27(21)30-11-18)23-9-20-22(16-5-6-36-15-16)13-29-14-24(20)32-23/h5-15,32H,2-4H2,1H3,(H,31,35)(H,30,33,34). The first-order valence-electron chi connectivity index (χ1n) is 11.8. The lowest BCUT2D eigenvalue weighted by atomic mass is 10.1. The fraction of sp³-hybridized carbons (Fsp3) is 0.148. The van der Waals surface area contributed by atoms with Crippen LogP contribution in [0.3, 0.4) is 0 Å². The number of unbranched alkanes of at least 4 members (excludes halogenated alkanes) is 1. The van der Waals surface area contributed by atoms with Crippen molar-refractivity contribution in [3.63, 3.8) is 0 Å². The van der Waals surface area contributed by atoms with Gasteiger partial charge in [-0.25, -0.2) is 4.98 Å². The van der Waals surface area contributed by atoms with Gasteiger partial charge >= 0.3 is 0 Å². The van der Waals surface area contributed by atoms with Crippen LogP contribution in [0.1, 0.15) is 26.2 Å². The Bertz CT molecular complexity index is 1680. The van der Waals surface area contributed by atoms with Crippen LogP contribution in [-0.4, -0.2) is 36.0 Å². The predicted octanol–water partition coefficient (Wildman–Crippen LogP) is 6.42. The highest BCUT2D eigenvalue weighted by atomic mass is 32.1. The Morgan fingerprint density at radius 1 is 1.00 bits per heavy atom. The fourth-order valence-electron chi connectivity index (χ4n) is 4.32. The number of carbonyl (C=O) groups excluding carboxylic acids is 1. The number of rotatable bonds is 7. The highest BCUT2D eigenvalue weighted by Gasteiger charge is 2.16. The van der Waals surface area contributed by atoms with Gasteiger partial charge in [0.2, 0.25) is 5.91 Å². The molecular formula is C27H23N7OS. The summed E-state index contributed by atoms with van der Waals surface area (Å²) in [6.45, 7) is 2.07. The monoisotopic (exact) mass is 493 g/mol. The highest BCUT2D eigenvalue weighted by molar-refractivity contribution is 7.08. The smallest absolute Gasteiger partial charge is 0.224 e. The Hall–Kier alpha value is -4.37. The Labute approximate surface area is 210 Å². The van der Waals surface area contributed by atoms with E-state index in [1.807, 2.05) is 24.5 Å². The Morgan fingerprint density at radius 3 is 2.75 bits per heavy atom. The number of pyridine rings is 3. The van der Waals surface area contributed by atoms with Gasteiger partial charge in [0.05, 0.1) is 29.3 Å². The van der Waals surface area contributed by atoms with E-state index in [9.17, 15) is 4.79 Å². The number of fused-ring (bicyclic) bond motifs is 2. The second kappa shape index (κ2) is 9.35. The maximum Gasteiger partial charge on any atom is 0.224 e. The first-order chi connectivity index (χ1) is 17.7. The molecule has 3 N–H and O–H groups in total. The summed E-state index contributed by atoms with van der Waals surface area (Å²) in [6, 6.07) is 8.17. The molecule has 36 heavy (non-hydrogen) atoms. The van der Waals surface area contributed by atoms with Crippen LogP contribution in [0.2, 0.25) is 0 Å². The molecule has 0 aliphatic rings. The summed E-state index contributed by atoms with van der Waals surface area (Å²) in [5, 5.41) is 16.7. The normalized spacial score (nSPS) is 11.4. The van der Waals surface area contributed by atoms with Gasteiger partial charge in [-0.2, -0.15) is 16.4 Å². The van der Waals surface area contributed by atoms with Crippen molar-refractivity contribution in [3.05, 3.63) is 66.0 Å². The number of thiophene rings is 1. The number of aromatic amines is 2. The molecule has 6 aromatic rings. The summed E-state index contributed by atoms with van der Waals surface area (Å²) >= 11 is 1.66. The SMILES string of the molecule is CCCCC(=O)Nc1cncc(-c2cnc3[nH]nc(-c4cc5c(-c6ccsc6)cncc5[nH]4)c3c2)c1. The van der Waals surface area contributed by atoms with Crippen LogP contribution >= 0.6 is 11.3 Å². The van der Waals surface area contributed by atoms with E-state index >= 15 is 0 Å². The molecule has 0 bridgehead atoms. The molecule has 0 aliphatic heterocycles. The van der Waals surface area contributed by atoms with Crippen molar-refractivity contribution in [3.8, 4) is 33.6 Å². The lowest BCUT2D eigenvalue weighted by Crippen LogP contribution is -2.11. The van der Waals surface area contributed by atoms with Gasteiger partial charge in [0.1, 0.15) is 5.69 Å². The van der Waals surface area contributed by atoms with Gasteiger partial charge in [0.15, 0.2) is 5.65 Å². The van der Waals surface area contributed by atoms with Crippen LogP contribution in [0.5, 0.6) is 0 Å². The molecule has 178 valence electrons. The first-order valence-corrected chi connectivity index (χ1v) is 12.7. The van der Waals surface area contributed by atoms with Gasteiger partial charge in [-0.15, -0.1) is 0 Å². The molecule has 0 fully saturated rings. The van der Waals surface area contributed by atoms with Gasteiger partial charge in [0.25, 0.3) is 0 Å². The molecule has 0 saturated carbocycles. The van der Waals surface area contributed by atoms with Crippen molar-refractivity contribution in [2.75, 3.05) is 5.32 Å². The second-order valence-electron chi connectivity index (χ2n) is 8.65. The number of nitrogens with one attached hydrogen (secondary N) is 3. The summed E-state index contributed by atoms with van der Waals surface area (Å²) in [5.74, 6) is -0.00313. The van der Waals surface area contributed by atoms with Crippen LogP contribution in [0.15, 0.2) is 66.0 Å². The molecule has 6 aromatic heterocycles. The number of amides is 1. The summed E-state index contributed by atoms with van der Waals surface area (Å²) in [7, 11) is 0. The van der Waals surface area contributed by atoms with Crippen molar-refractivity contribution in [2.45, 2.75) is 26.2 Å². The number of hydrogen-bond donors (Lipinski definition) is 3. The molecule has 6 heterocycles. The molecule has 1 amide bonds. The number of carbonyl (C=O) groups is 1. The Kier molecular flexibility index (Phi) is 5.74. The third-order valence-corrected chi connectivity index (χ3v) is 6.85. The number of nitrogens with zero attached hydrogens (tertiary/aromatic N) is 4. The minimum atomic E-state index is -0.00313. The van der Waals surface area contributed by atoms with E-state index in [4.69, 9.17) is 0 Å². The summed E-state index contributed by atoms with van der Waals surface area (Å²) in [5.41, 5.74) is 7.96. The lowest BCUT2D eigenvalue weighted by Gasteiger charge is -2.07. The molecule has 0 aromatic carbocycles. The van der Waals surface area contributed by atoms with E-state index in [2.05, 4.69) is 65.3 Å². The number of H-pyrrole nitrogens is 2. The Balaban J connectivity index is 1.37. The molecular weight excluding hydrogens is 470 g/mol. The van der Waals surface area contributed by atoms with Gasteiger partial charge in [-0.3, -0.25) is 19.9 Å². The van der Waals surface area contributed by atoms with Crippen LogP contribution in [0.4, 0.5) is 5.69 Å². The van der Waals surface area contributed by atoms with Crippen molar-refractivity contribution < 1.29 is 4.79 Å². The molecule has 9 heteroatoms. The van der Waals surface area contributed by atoms with Crippen LogP contribution < -0.4 is 5.32 Å². The van der Waals surface area contributed by atoms with E-state index in [1.165, 1.54) is 0 Å². The second-order valence-corrected chi connectivity index (χ2v) is 9.43. The molecule has 0 saturated heterocycles. The lowest BCUT2D eigenvalue weighted by molar-refractivity contribution is -0.116. The zero-order valence-corrected chi connectivity index (χ0v) is 20.4. The molecule has 0 spiro atoms. The summed E-state index contributed by atoms with van der Waals surface area (Å²) in [6.07, 6.45) is 11.3. The molecule has 6 rings (SSSR count). The van der Waals surface area contributed by atoms with E-state index < -0.39 is 0 Å². The summed E-state index contributed by atoms with van der Waals surface area (Å²) in [4.78, 5) is 29.0. The van der Waals surface area contributed by atoms with Crippen molar-refractivity contribution in [2.24, 2.45) is 0 Å². The maximum absolute atomic E-state index is 12.2. The van der Waals surface area contributed by atoms with Crippen LogP contribution in [0, 0.1) is 0 Å². The molecule has 0 radical (unpaired) electrons. The molecule has 0 aliphatic carbocycles. The minimum Gasteiger partial charge on any atom is -0.352 e. The topological polar surface area (TPSA) is 112 Å². The third kappa shape index (κ3) is 4.14. The van der Waals surface area contributed by atoms with Crippen LogP contribution in [-0.2, 0) is 4.79 Å². The largest absolute Gasteiger partial charge is 0.352 e.